The average Bonchev–Trinajstić information content (AvgIpc) is 3.22. The van der Waals surface area contributed by atoms with Gasteiger partial charge in [-0.2, -0.15) is 0 Å². The summed E-state index contributed by atoms with van der Waals surface area (Å²) in [5.41, 5.74) is 5.11. The van der Waals surface area contributed by atoms with Gasteiger partial charge >= 0.3 is 5.97 Å². The van der Waals surface area contributed by atoms with Crippen LogP contribution in [0.4, 0.5) is 11.4 Å². The molecule has 3 aromatic carbocycles. The van der Waals surface area contributed by atoms with E-state index in [1.54, 1.807) is 4.57 Å². The summed E-state index contributed by atoms with van der Waals surface area (Å²) in [6.45, 7) is 1.70. The quantitative estimate of drug-likeness (QED) is 0.179. The van der Waals surface area contributed by atoms with Gasteiger partial charge in [0.05, 0.1) is 12.1 Å². The Balaban J connectivity index is 1.28. The molecule has 0 aliphatic carbocycles. The van der Waals surface area contributed by atoms with E-state index in [2.05, 4.69) is 63.9 Å². The van der Waals surface area contributed by atoms with E-state index < -0.39 is 5.97 Å². The monoisotopic (exact) mass is 533 g/mol. The summed E-state index contributed by atoms with van der Waals surface area (Å²) < 4.78 is 7.75. The molecule has 1 unspecified atom stereocenters. The largest absolute Gasteiger partial charge is 0.481 e. The number of aromatic nitrogens is 3. The van der Waals surface area contributed by atoms with Crippen LogP contribution in [-0.2, 0) is 17.8 Å². The molecule has 1 aliphatic heterocycles. The summed E-state index contributed by atoms with van der Waals surface area (Å²) in [5, 5.41) is 21.5. The fourth-order valence-corrected chi connectivity index (χ4v) is 5.29. The van der Waals surface area contributed by atoms with Gasteiger partial charge in [0, 0.05) is 24.5 Å². The molecule has 0 amide bonds. The molecular weight excluding hydrogens is 506 g/mol. The number of benzene rings is 3. The number of anilines is 2. The zero-order chi connectivity index (χ0) is 25.8. The highest BCUT2D eigenvalue weighted by molar-refractivity contribution is 7.80. The third-order valence-electron chi connectivity index (χ3n) is 6.31. The molecule has 1 atom stereocenters. The van der Waals surface area contributed by atoms with Crippen molar-refractivity contribution < 1.29 is 14.6 Å². The first-order valence-corrected chi connectivity index (χ1v) is 12.8. The van der Waals surface area contributed by atoms with Crippen LogP contribution in [0.25, 0.3) is 5.69 Å². The highest BCUT2D eigenvalue weighted by atomic mass is 32.1. The standard InChI is InChI=1S/C27H27N5O3S2/c33-25(34)12-19-11-20-13-23(9-10-24(20)31(16-19)15-18-5-2-1-3-6-18)35-17-28-21-7-4-8-22(14-21)32-26(36)29-30-27(32)37/h1-10,13-14,19,28H,11-12,15-17H2,(H,29,36)(H,30,37)(H,33,34). The van der Waals surface area contributed by atoms with E-state index in [0.29, 0.717) is 23.3 Å². The van der Waals surface area contributed by atoms with E-state index in [-0.39, 0.29) is 19.1 Å². The predicted molar refractivity (Wildman–Crippen MR) is 148 cm³/mol. The maximum absolute atomic E-state index is 11.5. The maximum Gasteiger partial charge on any atom is 0.303 e. The third kappa shape index (κ3) is 6.03. The highest BCUT2D eigenvalue weighted by Gasteiger charge is 2.26. The molecule has 5 rings (SSSR count). The topological polar surface area (TPSA) is 92.5 Å². The van der Waals surface area contributed by atoms with Gasteiger partial charge in [-0.15, -0.1) is 35.5 Å². The minimum atomic E-state index is -0.770. The lowest BCUT2D eigenvalue weighted by atomic mass is 9.89. The molecule has 0 spiro atoms. The van der Waals surface area contributed by atoms with Crippen molar-refractivity contribution >= 4 is 42.6 Å². The Morgan fingerprint density at radius 1 is 1.03 bits per heavy atom. The van der Waals surface area contributed by atoms with Crippen molar-refractivity contribution in [3.8, 4) is 11.4 Å². The number of carbonyl (C=O) groups is 1. The first kappa shape index (κ1) is 25.0. The average molecular weight is 534 g/mol. The van der Waals surface area contributed by atoms with Crippen LogP contribution >= 0.6 is 25.3 Å². The lowest BCUT2D eigenvalue weighted by Crippen LogP contribution is -2.36. The highest BCUT2D eigenvalue weighted by Crippen LogP contribution is 2.35. The molecule has 0 fully saturated rings. The number of rotatable bonds is 9. The zero-order valence-electron chi connectivity index (χ0n) is 20.0. The molecule has 1 aromatic heterocycles. The van der Waals surface area contributed by atoms with E-state index in [4.69, 9.17) is 4.74 Å². The number of carboxylic acid groups (broad SMARTS) is 1. The van der Waals surface area contributed by atoms with Gasteiger partial charge in [0.25, 0.3) is 0 Å². The second-order valence-electron chi connectivity index (χ2n) is 8.98. The Hall–Kier alpha value is -3.63. The summed E-state index contributed by atoms with van der Waals surface area (Å²) in [6, 6.07) is 24.0. The van der Waals surface area contributed by atoms with Gasteiger partial charge in [-0.25, -0.2) is 0 Å². The molecule has 8 nitrogen and oxygen atoms in total. The number of nitrogens with one attached hydrogen (secondary N) is 1. The molecule has 190 valence electrons. The number of thiol groups is 2. The number of nitrogens with zero attached hydrogens (tertiary/aromatic N) is 4. The van der Waals surface area contributed by atoms with Crippen molar-refractivity contribution in [2.45, 2.75) is 29.7 Å². The molecule has 2 heterocycles. The van der Waals surface area contributed by atoms with Gasteiger partial charge in [0.15, 0.2) is 17.0 Å². The Labute approximate surface area is 226 Å². The van der Waals surface area contributed by atoms with Gasteiger partial charge < -0.3 is 20.1 Å². The third-order valence-corrected chi connectivity index (χ3v) is 6.89. The Bertz CT molecular complexity index is 1380. The molecule has 0 saturated heterocycles. The molecule has 4 aromatic rings. The van der Waals surface area contributed by atoms with Crippen molar-refractivity contribution in [2.75, 3.05) is 23.5 Å². The van der Waals surface area contributed by atoms with Crippen molar-refractivity contribution in [2.24, 2.45) is 5.92 Å². The maximum atomic E-state index is 11.5. The summed E-state index contributed by atoms with van der Waals surface area (Å²) in [4.78, 5) is 13.7. The second-order valence-corrected chi connectivity index (χ2v) is 9.78. The fraction of sp³-hybridized carbons (Fsp3) is 0.222. The van der Waals surface area contributed by atoms with Crippen molar-refractivity contribution in [1.29, 1.82) is 0 Å². The SMILES string of the molecule is O=C(O)CC1Cc2cc(OCNc3cccc(-n4c(S)nnc4S)c3)ccc2N(Cc2ccccc2)C1. The predicted octanol–water partition coefficient (Wildman–Crippen LogP) is 4.95. The summed E-state index contributed by atoms with van der Waals surface area (Å²) >= 11 is 8.68. The Kier molecular flexibility index (Phi) is 7.57. The van der Waals surface area contributed by atoms with Gasteiger partial charge in [0.1, 0.15) is 5.75 Å². The minimum Gasteiger partial charge on any atom is -0.481 e. The molecule has 10 heteroatoms. The van der Waals surface area contributed by atoms with Crippen LogP contribution < -0.4 is 15.0 Å². The summed E-state index contributed by atoms with van der Waals surface area (Å²) in [6.07, 6.45) is 0.846. The van der Waals surface area contributed by atoms with Crippen LogP contribution in [0.3, 0.4) is 0 Å². The van der Waals surface area contributed by atoms with Crippen LogP contribution in [0.5, 0.6) is 5.75 Å². The smallest absolute Gasteiger partial charge is 0.303 e. The van der Waals surface area contributed by atoms with Crippen LogP contribution in [0.2, 0.25) is 0 Å². The first-order valence-electron chi connectivity index (χ1n) is 11.9. The van der Waals surface area contributed by atoms with E-state index in [0.717, 1.165) is 34.9 Å². The first-order chi connectivity index (χ1) is 18.0. The van der Waals surface area contributed by atoms with Gasteiger partial charge in [-0.3, -0.25) is 9.36 Å². The lowest BCUT2D eigenvalue weighted by molar-refractivity contribution is -0.138. The number of hydrogen-bond donors (Lipinski definition) is 4. The normalized spacial score (nSPS) is 14.8. The second kappa shape index (κ2) is 11.2. The molecule has 1 aliphatic rings. The molecule has 2 N–H and O–H groups in total. The van der Waals surface area contributed by atoms with Crippen LogP contribution in [-0.4, -0.2) is 39.1 Å². The molecule has 37 heavy (non-hydrogen) atoms. The summed E-state index contributed by atoms with van der Waals surface area (Å²) in [5.74, 6) is -0.00317. The molecular formula is C27H27N5O3S2. The van der Waals surface area contributed by atoms with Gasteiger partial charge in [-0.05, 0) is 59.9 Å². The van der Waals surface area contributed by atoms with E-state index in [9.17, 15) is 9.90 Å². The van der Waals surface area contributed by atoms with Crippen molar-refractivity contribution in [3.05, 3.63) is 83.9 Å². The number of carboxylic acids is 1. The molecule has 0 bridgehead atoms. The zero-order valence-corrected chi connectivity index (χ0v) is 21.8. The van der Waals surface area contributed by atoms with E-state index >= 15 is 0 Å². The fourth-order valence-electron chi connectivity index (χ4n) is 4.70. The van der Waals surface area contributed by atoms with Crippen LogP contribution in [0.1, 0.15) is 17.5 Å². The molecule has 0 radical (unpaired) electrons. The molecule has 0 saturated carbocycles. The van der Waals surface area contributed by atoms with Crippen molar-refractivity contribution in [1.82, 2.24) is 14.8 Å². The Morgan fingerprint density at radius 3 is 2.57 bits per heavy atom. The number of ether oxygens (including phenoxy) is 1. The Morgan fingerprint density at radius 2 is 1.81 bits per heavy atom. The summed E-state index contributed by atoms with van der Waals surface area (Å²) in [7, 11) is 0. The number of hydrogen-bond acceptors (Lipinski definition) is 8. The van der Waals surface area contributed by atoms with Crippen LogP contribution in [0, 0.1) is 5.92 Å². The van der Waals surface area contributed by atoms with Gasteiger partial charge in [0.2, 0.25) is 0 Å². The van der Waals surface area contributed by atoms with E-state index in [1.807, 2.05) is 54.6 Å². The van der Waals surface area contributed by atoms with Gasteiger partial charge in [-0.1, -0.05) is 36.4 Å². The number of aliphatic carboxylic acids is 1. The lowest BCUT2D eigenvalue weighted by Gasteiger charge is -2.36. The minimum absolute atomic E-state index is 0.0379. The number of fused-ring (bicyclic) bond motifs is 1. The van der Waals surface area contributed by atoms with Crippen LogP contribution in [0.15, 0.2) is 83.1 Å². The van der Waals surface area contributed by atoms with E-state index in [1.165, 1.54) is 5.56 Å². The van der Waals surface area contributed by atoms with Crippen molar-refractivity contribution in [3.63, 3.8) is 0 Å².